The van der Waals surface area contributed by atoms with Crippen LogP contribution in [0.15, 0.2) is 52.7 Å². The SMILES string of the molecule is CC(C)=CCC[C@@]1(C)C=Cc2c(O)c3c(c(C/C=C(\C)CO)c2O1)O[C@]12C(=C[C@@H]4C[C@H]1C(C)(C)O[C@@]2(C/C=C(/C)C(=O)O)C4=O)C3=O. The molecule has 1 saturated carbocycles. The van der Waals surface area contributed by atoms with Gasteiger partial charge in [-0.25, -0.2) is 4.79 Å². The molecule has 0 unspecified atom stereocenters. The summed E-state index contributed by atoms with van der Waals surface area (Å²) in [5, 5.41) is 31.3. The zero-order chi connectivity index (χ0) is 34.3. The minimum atomic E-state index is -1.67. The average Bonchev–Trinajstić information content (AvgIpc) is 3.16. The third-order valence-corrected chi connectivity index (χ3v) is 10.7. The number of Topliss-reactive ketones (excluding diaryl/α,β-unsaturated/α-hetero) is 2. The molecule has 3 heterocycles. The lowest BCUT2D eigenvalue weighted by atomic mass is 9.51. The Balaban J connectivity index is 1.59. The highest BCUT2D eigenvalue weighted by Crippen LogP contribution is 2.68. The van der Waals surface area contributed by atoms with Crippen LogP contribution in [0.2, 0.25) is 0 Å². The van der Waals surface area contributed by atoms with Gasteiger partial charge < -0.3 is 29.5 Å². The number of aliphatic carboxylic acids is 1. The van der Waals surface area contributed by atoms with Crippen LogP contribution in [0.25, 0.3) is 6.08 Å². The van der Waals surface area contributed by atoms with Crippen molar-refractivity contribution >= 4 is 23.6 Å². The first kappa shape index (κ1) is 33.0. The lowest BCUT2D eigenvalue weighted by Crippen LogP contribution is -2.72. The number of hydrogen-bond donors (Lipinski definition) is 3. The molecule has 250 valence electrons. The third-order valence-electron chi connectivity index (χ3n) is 10.7. The molecule has 6 aliphatic rings. The van der Waals surface area contributed by atoms with Crippen LogP contribution < -0.4 is 9.47 Å². The normalized spacial score (nSPS) is 31.4. The van der Waals surface area contributed by atoms with Gasteiger partial charge in [-0.05, 0) is 86.3 Å². The Kier molecular flexibility index (Phi) is 7.76. The molecule has 0 radical (unpaired) electrons. The second-order valence-corrected chi connectivity index (χ2v) is 14.7. The Labute approximate surface area is 275 Å². The van der Waals surface area contributed by atoms with Gasteiger partial charge in [0.1, 0.15) is 28.4 Å². The van der Waals surface area contributed by atoms with Crippen LogP contribution in [0.4, 0.5) is 0 Å². The van der Waals surface area contributed by atoms with Crippen molar-refractivity contribution in [3.05, 3.63) is 69.4 Å². The molecule has 1 saturated heterocycles. The van der Waals surface area contributed by atoms with E-state index in [-0.39, 0.29) is 53.4 Å². The number of carboxylic acids is 1. The van der Waals surface area contributed by atoms with Gasteiger partial charge in [-0.15, -0.1) is 0 Å². The third kappa shape index (κ3) is 4.76. The van der Waals surface area contributed by atoms with E-state index in [1.807, 2.05) is 46.8 Å². The molecule has 3 aliphatic carbocycles. The number of carboxylic acid groups (broad SMARTS) is 1. The fourth-order valence-electron chi connectivity index (χ4n) is 8.21. The number of benzene rings is 1. The van der Waals surface area contributed by atoms with E-state index in [9.17, 15) is 29.7 Å². The number of fused-ring (bicyclic) bond motifs is 2. The summed E-state index contributed by atoms with van der Waals surface area (Å²) in [5.74, 6) is -2.63. The number of aliphatic hydroxyl groups excluding tert-OH is 1. The molecule has 3 aliphatic heterocycles. The first-order valence-corrected chi connectivity index (χ1v) is 16.3. The zero-order valence-corrected chi connectivity index (χ0v) is 28.2. The van der Waals surface area contributed by atoms with E-state index in [1.54, 1.807) is 19.1 Å². The molecule has 5 atom stereocenters. The number of hydrogen-bond acceptors (Lipinski definition) is 8. The molecule has 4 bridgehead atoms. The number of aromatic hydroxyl groups is 1. The van der Waals surface area contributed by atoms with Crippen LogP contribution in [-0.2, 0) is 20.7 Å². The van der Waals surface area contributed by atoms with Gasteiger partial charge in [0.15, 0.2) is 22.8 Å². The zero-order valence-electron chi connectivity index (χ0n) is 28.2. The van der Waals surface area contributed by atoms with Crippen molar-refractivity contribution in [2.75, 3.05) is 6.61 Å². The Morgan fingerprint density at radius 1 is 1.04 bits per heavy atom. The smallest absolute Gasteiger partial charge is 0.330 e. The molecule has 47 heavy (non-hydrogen) atoms. The van der Waals surface area contributed by atoms with Gasteiger partial charge in [0.25, 0.3) is 0 Å². The molecule has 9 nitrogen and oxygen atoms in total. The van der Waals surface area contributed by atoms with E-state index in [0.29, 0.717) is 35.3 Å². The highest BCUT2D eigenvalue weighted by atomic mass is 16.6. The first-order chi connectivity index (χ1) is 22.0. The molecule has 0 aromatic heterocycles. The largest absolute Gasteiger partial charge is 0.506 e. The minimum Gasteiger partial charge on any atom is -0.506 e. The average molecular weight is 645 g/mol. The van der Waals surface area contributed by atoms with Crippen molar-refractivity contribution in [1.82, 2.24) is 0 Å². The molecule has 1 spiro atoms. The van der Waals surface area contributed by atoms with Gasteiger partial charge in [0, 0.05) is 35.0 Å². The molecular weight excluding hydrogens is 600 g/mol. The summed E-state index contributed by atoms with van der Waals surface area (Å²) in [4.78, 5) is 40.8. The summed E-state index contributed by atoms with van der Waals surface area (Å²) < 4.78 is 20.5. The molecule has 2 fully saturated rings. The first-order valence-electron chi connectivity index (χ1n) is 16.3. The Hall–Kier alpha value is -3.95. The molecule has 1 aromatic rings. The van der Waals surface area contributed by atoms with Crippen LogP contribution in [0, 0.1) is 11.8 Å². The standard InChI is InChI=1S/C38H44O9/c1-20(2)9-8-14-36(7)15-13-24-29(40)28-30(41)26-17-23-18-27-35(5,6)47-37(33(23)42,16-12-22(4)34(43)44)38(26,27)46-32(28)25(31(24)45-36)11-10-21(3)19-39/h9-10,12-13,15,17,23,27,39-40H,8,11,14,16,18-19H2,1-7H3,(H,43,44)/b21-10+,22-12-/t23-,27+,36+,37+,38-/m1/s1. The number of ketones is 2. The molecule has 1 aromatic carbocycles. The summed E-state index contributed by atoms with van der Waals surface area (Å²) in [5.41, 5.74) is -1.78. The number of carbonyl (C=O) groups is 3. The van der Waals surface area contributed by atoms with Gasteiger partial charge in [-0.3, -0.25) is 9.59 Å². The maximum Gasteiger partial charge on any atom is 0.330 e. The van der Waals surface area contributed by atoms with Gasteiger partial charge in [0.2, 0.25) is 0 Å². The van der Waals surface area contributed by atoms with E-state index >= 15 is 0 Å². The highest BCUT2D eigenvalue weighted by molar-refractivity contribution is 6.19. The molecule has 9 heteroatoms. The number of phenols is 1. The van der Waals surface area contributed by atoms with Crippen molar-refractivity contribution in [3.63, 3.8) is 0 Å². The van der Waals surface area contributed by atoms with E-state index in [4.69, 9.17) is 14.2 Å². The number of phenolic OH excluding ortho intramolecular Hbond substituents is 1. The van der Waals surface area contributed by atoms with Crippen molar-refractivity contribution in [1.29, 1.82) is 0 Å². The number of allylic oxidation sites excluding steroid dienone is 4. The Bertz CT molecular complexity index is 1750. The summed E-state index contributed by atoms with van der Waals surface area (Å²) >= 11 is 0. The van der Waals surface area contributed by atoms with Gasteiger partial charge in [-0.2, -0.15) is 0 Å². The van der Waals surface area contributed by atoms with Crippen molar-refractivity contribution in [3.8, 4) is 17.2 Å². The fraction of sp³-hybridized carbons (Fsp3) is 0.500. The molecule has 3 N–H and O–H groups in total. The number of rotatable bonds is 9. The van der Waals surface area contributed by atoms with Crippen molar-refractivity contribution in [2.24, 2.45) is 11.8 Å². The summed E-state index contributed by atoms with van der Waals surface area (Å²) in [6.45, 7) is 12.9. The monoisotopic (exact) mass is 644 g/mol. The summed E-state index contributed by atoms with van der Waals surface area (Å²) in [6.07, 6.45) is 12.7. The van der Waals surface area contributed by atoms with Crippen LogP contribution >= 0.6 is 0 Å². The lowest BCUT2D eigenvalue weighted by Gasteiger charge is -2.56. The van der Waals surface area contributed by atoms with E-state index < -0.39 is 46.0 Å². The van der Waals surface area contributed by atoms with E-state index in [2.05, 4.69) is 6.08 Å². The predicted molar refractivity (Wildman–Crippen MR) is 176 cm³/mol. The van der Waals surface area contributed by atoms with Crippen LogP contribution in [-0.4, -0.2) is 61.9 Å². The van der Waals surface area contributed by atoms with Crippen LogP contribution in [0.5, 0.6) is 17.2 Å². The molecule has 7 rings (SSSR count). The van der Waals surface area contributed by atoms with Gasteiger partial charge in [-0.1, -0.05) is 35.5 Å². The quantitative estimate of drug-likeness (QED) is 0.211. The fourth-order valence-corrected chi connectivity index (χ4v) is 8.21. The van der Waals surface area contributed by atoms with E-state index in [0.717, 1.165) is 6.42 Å². The highest BCUT2D eigenvalue weighted by Gasteiger charge is 2.81. The lowest BCUT2D eigenvalue weighted by molar-refractivity contribution is -0.171. The van der Waals surface area contributed by atoms with Gasteiger partial charge in [0.05, 0.1) is 17.8 Å². The molecular formula is C38H44O9. The predicted octanol–water partition coefficient (Wildman–Crippen LogP) is 6.21. The summed E-state index contributed by atoms with van der Waals surface area (Å²) in [6, 6.07) is 0. The topological polar surface area (TPSA) is 140 Å². The second-order valence-electron chi connectivity index (χ2n) is 14.7. The van der Waals surface area contributed by atoms with Crippen LogP contribution in [0.3, 0.4) is 0 Å². The summed E-state index contributed by atoms with van der Waals surface area (Å²) in [7, 11) is 0. The minimum absolute atomic E-state index is 0.00307. The van der Waals surface area contributed by atoms with Crippen molar-refractivity contribution in [2.45, 2.75) is 103 Å². The molecule has 0 amide bonds. The van der Waals surface area contributed by atoms with Gasteiger partial charge >= 0.3 is 5.97 Å². The maximum absolute atomic E-state index is 14.7. The second kappa shape index (κ2) is 11.1. The number of carbonyl (C=O) groups excluding carboxylic acids is 2. The van der Waals surface area contributed by atoms with Crippen molar-refractivity contribution < 1.29 is 43.9 Å². The maximum atomic E-state index is 14.7. The van der Waals surface area contributed by atoms with E-state index in [1.165, 1.54) is 18.6 Å². The van der Waals surface area contributed by atoms with Crippen LogP contribution in [0.1, 0.15) is 95.6 Å². The Morgan fingerprint density at radius 2 is 1.77 bits per heavy atom. The Morgan fingerprint density at radius 3 is 2.43 bits per heavy atom. The number of ether oxygens (including phenoxy) is 3. The number of aliphatic hydroxyl groups is 1.